The minimum atomic E-state index is -0.254. The molecule has 0 spiro atoms. The van der Waals surface area contributed by atoms with Crippen LogP contribution < -0.4 is 0 Å². The molecule has 1 aromatic carbocycles. The largest absolute Gasteiger partial charge is 0.465 e. The summed E-state index contributed by atoms with van der Waals surface area (Å²) >= 11 is 0. The summed E-state index contributed by atoms with van der Waals surface area (Å²) < 4.78 is 12.8. The van der Waals surface area contributed by atoms with Gasteiger partial charge in [0, 0.05) is 5.82 Å². The second-order valence-electron chi connectivity index (χ2n) is 8.72. The van der Waals surface area contributed by atoms with Crippen molar-refractivity contribution in [1.29, 1.82) is 0 Å². The van der Waals surface area contributed by atoms with Crippen LogP contribution in [0.1, 0.15) is 84.0 Å². The zero-order chi connectivity index (χ0) is 17.2. The second kappa shape index (κ2) is 7.21. The van der Waals surface area contributed by atoms with E-state index in [0.29, 0.717) is 5.82 Å². The summed E-state index contributed by atoms with van der Waals surface area (Å²) in [6, 6.07) is 10.8. The van der Waals surface area contributed by atoms with E-state index in [2.05, 4.69) is 58.0 Å². The van der Waals surface area contributed by atoms with E-state index in [9.17, 15) is 0 Å². The lowest BCUT2D eigenvalue weighted by molar-refractivity contribution is 0.00578. The van der Waals surface area contributed by atoms with Gasteiger partial charge in [0.15, 0.2) is 0 Å². The van der Waals surface area contributed by atoms with Crippen molar-refractivity contribution in [1.82, 2.24) is 0 Å². The number of rotatable bonds is 5. The molecule has 24 heavy (non-hydrogen) atoms. The number of hydrogen-bond donors (Lipinski definition) is 0. The van der Waals surface area contributed by atoms with E-state index in [4.69, 9.17) is 9.31 Å². The highest BCUT2D eigenvalue weighted by Gasteiger charge is 2.53. The lowest BCUT2D eigenvalue weighted by Gasteiger charge is -2.32. The fraction of sp³-hybridized carbons (Fsp3) is 0.714. The summed E-state index contributed by atoms with van der Waals surface area (Å²) in [5.41, 5.74) is 0.845. The third-order valence-electron chi connectivity index (χ3n) is 6.44. The molecule has 3 heteroatoms. The minimum Gasteiger partial charge on any atom is -0.403 e. The molecule has 1 aliphatic heterocycles. The molecule has 1 unspecified atom stereocenters. The normalized spacial score (nSPS) is 24.9. The molecule has 0 aromatic heterocycles. The van der Waals surface area contributed by atoms with Gasteiger partial charge in [0.05, 0.1) is 11.2 Å². The van der Waals surface area contributed by atoms with Crippen LogP contribution in [0.15, 0.2) is 30.3 Å². The van der Waals surface area contributed by atoms with Crippen molar-refractivity contribution in [2.45, 2.75) is 89.7 Å². The molecule has 1 aromatic rings. The van der Waals surface area contributed by atoms with Gasteiger partial charge in [-0.2, -0.15) is 0 Å². The molecular weight excluding hydrogens is 295 g/mol. The standard InChI is InChI=1S/C21H33BO2/c1-20(2)21(3,4)24-22(23-20)19(18-13-9-6-10-14-18)16-15-17-11-7-5-8-12-17/h6,9-10,13-14,17,19H,5,7-8,11-12,15-16H2,1-4H3. The van der Waals surface area contributed by atoms with Crippen molar-refractivity contribution in [3.05, 3.63) is 35.9 Å². The van der Waals surface area contributed by atoms with Gasteiger partial charge < -0.3 is 9.31 Å². The van der Waals surface area contributed by atoms with Crippen LogP contribution in [-0.4, -0.2) is 18.3 Å². The Hall–Kier alpha value is -0.795. The molecule has 0 bridgehead atoms. The quantitative estimate of drug-likeness (QED) is 0.640. The molecule has 2 fully saturated rings. The molecule has 0 N–H and O–H groups in total. The Morgan fingerprint density at radius 1 is 0.958 bits per heavy atom. The highest BCUT2D eigenvalue weighted by atomic mass is 16.7. The highest BCUT2D eigenvalue weighted by molar-refractivity contribution is 6.47. The predicted molar refractivity (Wildman–Crippen MR) is 101 cm³/mol. The van der Waals surface area contributed by atoms with Crippen molar-refractivity contribution >= 4 is 7.12 Å². The lowest BCUT2D eigenvalue weighted by Crippen LogP contribution is -2.41. The summed E-state index contributed by atoms with van der Waals surface area (Å²) in [6.45, 7) is 8.60. The molecule has 3 rings (SSSR count). The van der Waals surface area contributed by atoms with E-state index < -0.39 is 0 Å². The first kappa shape index (κ1) is 18.0. The van der Waals surface area contributed by atoms with Gasteiger partial charge in [0.1, 0.15) is 0 Å². The van der Waals surface area contributed by atoms with Crippen molar-refractivity contribution in [2.75, 3.05) is 0 Å². The average molecular weight is 328 g/mol. The first-order valence-electron chi connectivity index (χ1n) is 9.80. The Kier molecular flexibility index (Phi) is 5.41. The van der Waals surface area contributed by atoms with E-state index in [1.807, 2.05) is 0 Å². The number of benzene rings is 1. The van der Waals surface area contributed by atoms with Gasteiger partial charge in [-0.1, -0.05) is 68.9 Å². The Balaban J connectivity index is 1.73. The van der Waals surface area contributed by atoms with Gasteiger partial charge in [-0.3, -0.25) is 0 Å². The van der Waals surface area contributed by atoms with E-state index in [1.54, 1.807) is 0 Å². The van der Waals surface area contributed by atoms with Crippen LogP contribution in [0.4, 0.5) is 0 Å². The molecule has 1 aliphatic carbocycles. The maximum absolute atomic E-state index is 6.40. The monoisotopic (exact) mass is 328 g/mol. The van der Waals surface area contributed by atoms with Crippen LogP contribution in [0.5, 0.6) is 0 Å². The summed E-state index contributed by atoms with van der Waals surface area (Å²) in [5, 5.41) is 0. The highest BCUT2D eigenvalue weighted by Crippen LogP contribution is 2.42. The van der Waals surface area contributed by atoms with Gasteiger partial charge in [-0.25, -0.2) is 0 Å². The Labute approximate surface area is 148 Å². The summed E-state index contributed by atoms with van der Waals surface area (Å²) in [4.78, 5) is 0. The van der Waals surface area contributed by atoms with Gasteiger partial charge in [0.2, 0.25) is 0 Å². The third-order valence-corrected chi connectivity index (χ3v) is 6.44. The van der Waals surface area contributed by atoms with E-state index in [0.717, 1.165) is 12.3 Å². The second-order valence-corrected chi connectivity index (χ2v) is 8.72. The molecule has 1 saturated heterocycles. The predicted octanol–water partition coefficient (Wildman–Crippen LogP) is 5.76. The van der Waals surface area contributed by atoms with Crippen molar-refractivity contribution in [2.24, 2.45) is 5.92 Å². The SMILES string of the molecule is CC1(C)OB(C(CCC2CCCCC2)c2ccccc2)OC1(C)C. The minimum absolute atomic E-state index is 0.138. The maximum atomic E-state index is 6.40. The van der Waals surface area contributed by atoms with Crippen molar-refractivity contribution < 1.29 is 9.31 Å². The molecular formula is C21H33BO2. The van der Waals surface area contributed by atoms with E-state index >= 15 is 0 Å². The average Bonchev–Trinajstić information content (AvgIpc) is 2.77. The Morgan fingerprint density at radius 3 is 2.12 bits per heavy atom. The maximum Gasteiger partial charge on any atom is 0.465 e. The zero-order valence-electron chi connectivity index (χ0n) is 15.9. The van der Waals surface area contributed by atoms with Crippen LogP contribution in [0, 0.1) is 5.92 Å². The Bertz CT molecular complexity index is 504. The molecule has 1 atom stereocenters. The lowest BCUT2D eigenvalue weighted by atomic mass is 9.64. The van der Waals surface area contributed by atoms with Crippen LogP contribution in [0.25, 0.3) is 0 Å². The summed E-state index contributed by atoms with van der Waals surface area (Å²) in [6.07, 6.45) is 9.52. The molecule has 0 radical (unpaired) electrons. The van der Waals surface area contributed by atoms with Gasteiger partial charge >= 0.3 is 7.12 Å². The van der Waals surface area contributed by atoms with E-state index in [1.165, 1.54) is 44.1 Å². The Morgan fingerprint density at radius 2 is 1.54 bits per heavy atom. The molecule has 1 heterocycles. The van der Waals surface area contributed by atoms with Gasteiger partial charge in [0.25, 0.3) is 0 Å². The van der Waals surface area contributed by atoms with Crippen LogP contribution in [0.3, 0.4) is 0 Å². The first-order chi connectivity index (χ1) is 11.4. The number of hydrogen-bond acceptors (Lipinski definition) is 2. The fourth-order valence-electron chi connectivity index (χ4n) is 4.10. The van der Waals surface area contributed by atoms with Gasteiger partial charge in [-0.15, -0.1) is 0 Å². The van der Waals surface area contributed by atoms with Crippen LogP contribution in [0.2, 0.25) is 0 Å². The topological polar surface area (TPSA) is 18.5 Å². The molecule has 1 saturated carbocycles. The van der Waals surface area contributed by atoms with Crippen molar-refractivity contribution in [3.63, 3.8) is 0 Å². The zero-order valence-corrected chi connectivity index (χ0v) is 15.9. The summed E-state index contributed by atoms with van der Waals surface area (Å²) in [5.74, 6) is 1.22. The molecule has 2 nitrogen and oxygen atoms in total. The first-order valence-corrected chi connectivity index (χ1v) is 9.80. The van der Waals surface area contributed by atoms with E-state index in [-0.39, 0.29) is 18.3 Å². The van der Waals surface area contributed by atoms with Crippen molar-refractivity contribution in [3.8, 4) is 0 Å². The van der Waals surface area contributed by atoms with Crippen LogP contribution in [-0.2, 0) is 9.31 Å². The third kappa shape index (κ3) is 3.88. The summed E-state index contributed by atoms with van der Waals surface area (Å²) in [7, 11) is -0.138. The molecule has 0 amide bonds. The fourth-order valence-corrected chi connectivity index (χ4v) is 4.10. The van der Waals surface area contributed by atoms with Crippen LogP contribution >= 0.6 is 0 Å². The smallest absolute Gasteiger partial charge is 0.403 e. The molecule has 132 valence electrons. The molecule has 2 aliphatic rings. The van der Waals surface area contributed by atoms with Gasteiger partial charge in [-0.05, 0) is 45.6 Å².